The number of aliphatic hydroxyl groups is 1. The standard InChI is InChI=1S/C14H14F3NO2/c1-10-5-6-11(4-3-7-19)8-12(10)13(20)18(2)9-14(15,16)17/h5-6,8,19H,7,9H2,1-2H3. The van der Waals surface area contributed by atoms with Crippen LogP contribution in [-0.4, -0.2) is 42.3 Å². The van der Waals surface area contributed by atoms with Gasteiger partial charge in [-0.2, -0.15) is 13.2 Å². The van der Waals surface area contributed by atoms with Gasteiger partial charge >= 0.3 is 6.18 Å². The van der Waals surface area contributed by atoms with Crippen molar-refractivity contribution in [1.29, 1.82) is 0 Å². The van der Waals surface area contributed by atoms with E-state index in [1.807, 2.05) is 0 Å². The first-order valence-corrected chi connectivity index (χ1v) is 5.77. The van der Waals surface area contributed by atoms with Crippen LogP contribution < -0.4 is 0 Å². The topological polar surface area (TPSA) is 40.5 Å². The SMILES string of the molecule is Cc1ccc(C#CCO)cc1C(=O)N(C)CC(F)(F)F. The summed E-state index contributed by atoms with van der Waals surface area (Å²) in [5, 5.41) is 8.60. The van der Waals surface area contributed by atoms with E-state index in [0.29, 0.717) is 16.0 Å². The van der Waals surface area contributed by atoms with Crippen LogP contribution in [0.2, 0.25) is 0 Å². The fraction of sp³-hybridized carbons (Fsp3) is 0.357. The van der Waals surface area contributed by atoms with E-state index in [1.54, 1.807) is 19.1 Å². The fourth-order valence-electron chi connectivity index (χ4n) is 1.62. The predicted molar refractivity (Wildman–Crippen MR) is 68.2 cm³/mol. The van der Waals surface area contributed by atoms with Gasteiger partial charge in [-0.15, -0.1) is 0 Å². The van der Waals surface area contributed by atoms with Crippen LogP contribution >= 0.6 is 0 Å². The number of aliphatic hydroxyl groups excluding tert-OH is 1. The number of amides is 1. The molecule has 0 aliphatic rings. The Balaban J connectivity index is 3.03. The summed E-state index contributed by atoms with van der Waals surface area (Å²) >= 11 is 0. The summed E-state index contributed by atoms with van der Waals surface area (Å²) in [5.74, 6) is 4.31. The van der Waals surface area contributed by atoms with Crippen molar-refractivity contribution in [1.82, 2.24) is 4.90 Å². The number of hydrogen-bond donors (Lipinski definition) is 1. The van der Waals surface area contributed by atoms with E-state index in [0.717, 1.165) is 7.05 Å². The van der Waals surface area contributed by atoms with E-state index in [-0.39, 0.29) is 12.2 Å². The van der Waals surface area contributed by atoms with Crippen LogP contribution in [0.25, 0.3) is 0 Å². The van der Waals surface area contributed by atoms with Gasteiger partial charge in [-0.3, -0.25) is 4.79 Å². The summed E-state index contributed by atoms with van der Waals surface area (Å²) in [4.78, 5) is 12.6. The second kappa shape index (κ2) is 6.44. The van der Waals surface area contributed by atoms with Crippen molar-refractivity contribution >= 4 is 5.91 Å². The Hall–Kier alpha value is -2.00. The van der Waals surface area contributed by atoms with E-state index in [1.165, 1.54) is 6.07 Å². The molecule has 0 aromatic heterocycles. The van der Waals surface area contributed by atoms with E-state index < -0.39 is 18.6 Å². The number of carbonyl (C=O) groups is 1. The van der Waals surface area contributed by atoms with E-state index in [2.05, 4.69) is 11.8 Å². The van der Waals surface area contributed by atoms with Gasteiger partial charge in [-0.1, -0.05) is 17.9 Å². The summed E-state index contributed by atoms with van der Waals surface area (Å²) < 4.78 is 36.9. The number of nitrogens with zero attached hydrogens (tertiary/aromatic N) is 1. The van der Waals surface area contributed by atoms with Crippen molar-refractivity contribution < 1.29 is 23.1 Å². The number of hydrogen-bond acceptors (Lipinski definition) is 2. The third kappa shape index (κ3) is 4.59. The zero-order valence-electron chi connectivity index (χ0n) is 11.1. The molecule has 0 spiro atoms. The number of alkyl halides is 3. The molecule has 1 N–H and O–H groups in total. The molecule has 0 radical (unpaired) electrons. The zero-order chi connectivity index (χ0) is 15.3. The minimum atomic E-state index is -4.44. The molecule has 1 amide bonds. The Morgan fingerprint density at radius 1 is 1.40 bits per heavy atom. The van der Waals surface area contributed by atoms with Gasteiger partial charge < -0.3 is 10.0 Å². The molecule has 1 aromatic rings. The van der Waals surface area contributed by atoms with Gasteiger partial charge in [0.05, 0.1) is 0 Å². The largest absolute Gasteiger partial charge is 0.406 e. The molecule has 20 heavy (non-hydrogen) atoms. The Kier molecular flexibility index (Phi) is 5.17. The van der Waals surface area contributed by atoms with Crippen molar-refractivity contribution in [3.63, 3.8) is 0 Å². The normalized spacial score (nSPS) is 10.7. The molecule has 0 aliphatic carbocycles. The highest BCUT2D eigenvalue weighted by Crippen LogP contribution is 2.18. The van der Waals surface area contributed by atoms with Crippen molar-refractivity contribution in [2.45, 2.75) is 13.1 Å². The lowest BCUT2D eigenvalue weighted by Gasteiger charge is -2.20. The van der Waals surface area contributed by atoms with Gasteiger partial charge in [0.2, 0.25) is 0 Å². The smallest absolute Gasteiger partial charge is 0.384 e. The highest BCUT2D eigenvalue weighted by atomic mass is 19.4. The van der Waals surface area contributed by atoms with Crippen molar-refractivity contribution in [3.05, 3.63) is 34.9 Å². The number of benzene rings is 1. The maximum atomic E-state index is 12.3. The maximum Gasteiger partial charge on any atom is 0.406 e. The number of carbonyl (C=O) groups excluding carboxylic acids is 1. The molecular weight excluding hydrogens is 271 g/mol. The van der Waals surface area contributed by atoms with Gasteiger partial charge in [-0.25, -0.2) is 0 Å². The number of halogens is 3. The monoisotopic (exact) mass is 285 g/mol. The quantitative estimate of drug-likeness (QED) is 0.844. The Bertz CT molecular complexity index is 556. The summed E-state index contributed by atoms with van der Waals surface area (Å²) in [6.45, 7) is 0.000859. The second-order valence-electron chi connectivity index (χ2n) is 4.27. The summed E-state index contributed by atoms with van der Waals surface area (Å²) in [6, 6.07) is 4.67. The average Bonchev–Trinajstić information content (AvgIpc) is 2.35. The van der Waals surface area contributed by atoms with Crippen molar-refractivity contribution in [3.8, 4) is 11.8 Å². The minimum absolute atomic E-state index is 0.168. The van der Waals surface area contributed by atoms with Gasteiger partial charge in [-0.05, 0) is 24.6 Å². The fourth-order valence-corrected chi connectivity index (χ4v) is 1.62. The molecule has 0 aliphatic heterocycles. The molecule has 0 unspecified atom stereocenters. The van der Waals surface area contributed by atoms with E-state index in [9.17, 15) is 18.0 Å². The Labute approximate surface area is 115 Å². The van der Waals surface area contributed by atoms with Crippen LogP contribution in [0, 0.1) is 18.8 Å². The van der Waals surface area contributed by atoms with Crippen LogP contribution in [0.3, 0.4) is 0 Å². The van der Waals surface area contributed by atoms with E-state index in [4.69, 9.17) is 5.11 Å². The highest BCUT2D eigenvalue weighted by molar-refractivity contribution is 5.95. The summed E-state index contributed by atoms with van der Waals surface area (Å²) in [7, 11) is 1.10. The first-order chi connectivity index (χ1) is 9.24. The molecule has 0 saturated heterocycles. The van der Waals surface area contributed by atoms with Crippen LogP contribution in [0.4, 0.5) is 13.2 Å². The van der Waals surface area contributed by atoms with Crippen molar-refractivity contribution in [2.75, 3.05) is 20.2 Å². The minimum Gasteiger partial charge on any atom is -0.384 e. The number of rotatable bonds is 2. The average molecular weight is 285 g/mol. The first kappa shape index (κ1) is 16.1. The molecule has 1 rings (SSSR count). The van der Waals surface area contributed by atoms with Crippen LogP contribution in [0.5, 0.6) is 0 Å². The molecule has 0 atom stereocenters. The molecule has 0 bridgehead atoms. The molecule has 3 nitrogen and oxygen atoms in total. The van der Waals surface area contributed by atoms with Crippen molar-refractivity contribution in [2.24, 2.45) is 0 Å². The third-order valence-corrected chi connectivity index (χ3v) is 2.54. The molecule has 0 fully saturated rings. The Morgan fingerprint density at radius 3 is 2.60 bits per heavy atom. The third-order valence-electron chi connectivity index (χ3n) is 2.54. The molecule has 6 heteroatoms. The summed E-state index contributed by atoms with van der Waals surface area (Å²) in [6.07, 6.45) is -4.44. The zero-order valence-corrected chi connectivity index (χ0v) is 11.1. The molecule has 0 heterocycles. The second-order valence-corrected chi connectivity index (χ2v) is 4.27. The lowest BCUT2D eigenvalue weighted by atomic mass is 10.0. The van der Waals surface area contributed by atoms with Gasteiger partial charge in [0.15, 0.2) is 0 Å². The van der Waals surface area contributed by atoms with E-state index >= 15 is 0 Å². The van der Waals surface area contributed by atoms with Gasteiger partial charge in [0.25, 0.3) is 5.91 Å². The lowest BCUT2D eigenvalue weighted by molar-refractivity contribution is -0.138. The number of aryl methyl sites for hydroxylation is 1. The lowest BCUT2D eigenvalue weighted by Crippen LogP contribution is -2.36. The van der Waals surface area contributed by atoms with Crippen LogP contribution in [-0.2, 0) is 0 Å². The van der Waals surface area contributed by atoms with Gasteiger partial charge in [0.1, 0.15) is 13.2 Å². The highest BCUT2D eigenvalue weighted by Gasteiger charge is 2.31. The molecule has 0 saturated carbocycles. The predicted octanol–water partition coefficient (Wildman–Crippen LogP) is 1.97. The Morgan fingerprint density at radius 2 is 2.05 bits per heavy atom. The molecule has 1 aromatic carbocycles. The molecule has 108 valence electrons. The van der Waals surface area contributed by atoms with Crippen LogP contribution in [0.15, 0.2) is 18.2 Å². The van der Waals surface area contributed by atoms with Crippen LogP contribution in [0.1, 0.15) is 21.5 Å². The molecular formula is C14H14F3NO2. The maximum absolute atomic E-state index is 12.3. The summed E-state index contributed by atoms with van der Waals surface area (Å²) in [5.41, 5.74) is 1.20. The van der Waals surface area contributed by atoms with Gasteiger partial charge in [0, 0.05) is 18.2 Å². The first-order valence-electron chi connectivity index (χ1n) is 5.77.